The van der Waals surface area contributed by atoms with Gasteiger partial charge in [0, 0.05) is 29.5 Å². The minimum absolute atomic E-state index is 0.0156. The molecule has 0 aromatic heterocycles. The average Bonchev–Trinajstić information content (AvgIpc) is 2.60. The molecular formula is C17H16N4O4. The predicted octanol–water partition coefficient (Wildman–Crippen LogP) is 2.36. The quantitative estimate of drug-likeness (QED) is 0.163. The van der Waals surface area contributed by atoms with Crippen molar-refractivity contribution in [2.75, 3.05) is 5.73 Å². The second-order valence-electron chi connectivity index (χ2n) is 5.09. The molecule has 2 rings (SSSR count). The Bertz CT molecular complexity index is 875. The van der Waals surface area contributed by atoms with Crippen LogP contribution < -0.4 is 11.5 Å². The molecule has 0 saturated carbocycles. The van der Waals surface area contributed by atoms with Gasteiger partial charge in [0.15, 0.2) is 5.84 Å². The lowest BCUT2D eigenvalue weighted by Crippen LogP contribution is -2.16. The highest BCUT2D eigenvalue weighted by atomic mass is 16.7. The largest absolute Gasteiger partial charge is 0.398 e. The third kappa shape index (κ3) is 4.64. The lowest BCUT2D eigenvalue weighted by Gasteiger charge is -2.06. The molecule has 128 valence electrons. The number of hydrogen-bond donors (Lipinski definition) is 2. The normalized spacial score (nSPS) is 11.5. The molecule has 0 saturated heterocycles. The summed E-state index contributed by atoms with van der Waals surface area (Å²) in [7, 11) is 0. The van der Waals surface area contributed by atoms with Crippen LogP contribution >= 0.6 is 0 Å². The van der Waals surface area contributed by atoms with Gasteiger partial charge >= 0.3 is 5.97 Å². The Kier molecular flexibility index (Phi) is 5.47. The van der Waals surface area contributed by atoms with Crippen molar-refractivity contribution in [1.82, 2.24) is 0 Å². The summed E-state index contributed by atoms with van der Waals surface area (Å²) in [4.78, 5) is 26.6. The molecule has 0 spiro atoms. The molecule has 0 bridgehead atoms. The lowest BCUT2D eigenvalue weighted by molar-refractivity contribution is -0.384. The summed E-state index contributed by atoms with van der Waals surface area (Å²) in [5.41, 5.74) is 13.8. The summed E-state index contributed by atoms with van der Waals surface area (Å²) in [6, 6.07) is 11.0. The fourth-order valence-corrected chi connectivity index (χ4v) is 2.01. The van der Waals surface area contributed by atoms with Gasteiger partial charge in [-0.1, -0.05) is 29.4 Å². The molecule has 2 aromatic rings. The smallest absolute Gasteiger partial charge is 0.358 e. The number of nitrogen functional groups attached to an aromatic ring is 1. The van der Waals surface area contributed by atoms with Crippen LogP contribution in [0.25, 0.3) is 6.08 Å². The summed E-state index contributed by atoms with van der Waals surface area (Å²) < 4.78 is 0. The number of carbonyl (C=O) groups excluding carboxylic acids is 1. The van der Waals surface area contributed by atoms with Gasteiger partial charge in [-0.3, -0.25) is 10.1 Å². The zero-order chi connectivity index (χ0) is 18.4. The van der Waals surface area contributed by atoms with E-state index in [1.807, 2.05) is 0 Å². The van der Waals surface area contributed by atoms with Crippen LogP contribution in [0.1, 0.15) is 16.7 Å². The van der Waals surface area contributed by atoms with Gasteiger partial charge in [-0.05, 0) is 30.2 Å². The molecule has 0 fully saturated rings. The predicted molar refractivity (Wildman–Crippen MR) is 94.5 cm³/mol. The number of nitrogens with zero attached hydrogens (tertiary/aromatic N) is 2. The van der Waals surface area contributed by atoms with E-state index in [0.717, 1.165) is 11.6 Å². The Morgan fingerprint density at radius 3 is 2.72 bits per heavy atom. The Morgan fingerprint density at radius 2 is 2.00 bits per heavy atom. The number of nitro groups is 1. The maximum Gasteiger partial charge on any atom is 0.358 e. The number of oxime groups is 1. The highest BCUT2D eigenvalue weighted by Crippen LogP contribution is 2.16. The number of hydrogen-bond acceptors (Lipinski definition) is 6. The van der Waals surface area contributed by atoms with Crippen LogP contribution in [0.2, 0.25) is 0 Å². The van der Waals surface area contributed by atoms with Crippen molar-refractivity contribution in [3.05, 3.63) is 75.3 Å². The Labute approximate surface area is 143 Å². The summed E-state index contributed by atoms with van der Waals surface area (Å²) >= 11 is 0. The maximum absolute atomic E-state index is 11.7. The monoisotopic (exact) mass is 340 g/mol. The van der Waals surface area contributed by atoms with E-state index >= 15 is 0 Å². The first-order chi connectivity index (χ1) is 11.9. The first-order valence-electron chi connectivity index (χ1n) is 7.21. The van der Waals surface area contributed by atoms with Crippen LogP contribution in [0.5, 0.6) is 0 Å². The van der Waals surface area contributed by atoms with Crippen molar-refractivity contribution in [3.8, 4) is 0 Å². The van der Waals surface area contributed by atoms with Crippen LogP contribution in [0.15, 0.2) is 53.7 Å². The highest BCUT2D eigenvalue weighted by Gasteiger charge is 2.07. The van der Waals surface area contributed by atoms with Crippen LogP contribution in [0.3, 0.4) is 0 Å². The van der Waals surface area contributed by atoms with Crippen LogP contribution in [0.4, 0.5) is 11.4 Å². The van der Waals surface area contributed by atoms with Gasteiger partial charge in [-0.25, -0.2) is 4.79 Å². The van der Waals surface area contributed by atoms with Gasteiger partial charge < -0.3 is 16.3 Å². The van der Waals surface area contributed by atoms with E-state index < -0.39 is 10.9 Å². The van der Waals surface area contributed by atoms with Crippen LogP contribution in [0, 0.1) is 17.0 Å². The standard InChI is InChI=1S/C17H16N4O4/c1-11-14(6-3-7-15(11)18)17(19)20-25-16(22)9-8-12-4-2-5-13(10-12)21(23)24/h2-10H,18H2,1H3,(H2,19,20)/b9-8-. The Morgan fingerprint density at radius 1 is 1.28 bits per heavy atom. The first-order valence-corrected chi connectivity index (χ1v) is 7.21. The van der Waals surface area contributed by atoms with E-state index in [4.69, 9.17) is 16.3 Å². The molecule has 25 heavy (non-hydrogen) atoms. The first kappa shape index (κ1) is 17.7. The zero-order valence-electron chi connectivity index (χ0n) is 13.4. The van der Waals surface area contributed by atoms with E-state index in [9.17, 15) is 14.9 Å². The van der Waals surface area contributed by atoms with Gasteiger partial charge in [0.1, 0.15) is 0 Å². The topological polar surface area (TPSA) is 134 Å². The van der Waals surface area contributed by atoms with Crippen molar-refractivity contribution in [1.29, 1.82) is 0 Å². The molecular weight excluding hydrogens is 324 g/mol. The molecule has 0 atom stereocenters. The molecule has 0 aliphatic carbocycles. The van der Waals surface area contributed by atoms with Crippen molar-refractivity contribution >= 4 is 29.3 Å². The number of carbonyl (C=O) groups is 1. The molecule has 4 N–H and O–H groups in total. The van der Waals surface area contributed by atoms with Crippen LogP contribution in [-0.4, -0.2) is 16.7 Å². The second-order valence-corrected chi connectivity index (χ2v) is 5.09. The minimum Gasteiger partial charge on any atom is -0.398 e. The van der Waals surface area contributed by atoms with E-state index in [1.165, 1.54) is 24.3 Å². The molecule has 0 heterocycles. The van der Waals surface area contributed by atoms with E-state index in [-0.39, 0.29) is 11.5 Å². The third-order valence-electron chi connectivity index (χ3n) is 3.38. The van der Waals surface area contributed by atoms with E-state index in [2.05, 4.69) is 5.16 Å². The lowest BCUT2D eigenvalue weighted by atomic mass is 10.1. The van der Waals surface area contributed by atoms with Crippen molar-refractivity contribution in [2.24, 2.45) is 10.9 Å². The fourth-order valence-electron chi connectivity index (χ4n) is 2.01. The van der Waals surface area contributed by atoms with Gasteiger partial charge in [0.2, 0.25) is 0 Å². The van der Waals surface area contributed by atoms with Gasteiger partial charge in [-0.15, -0.1) is 0 Å². The SMILES string of the molecule is Cc1c(N)cccc1/C(N)=N/OC(=O)/C=C\c1cccc([N+](=O)[O-])c1. The minimum atomic E-state index is -0.768. The maximum atomic E-state index is 11.7. The van der Waals surface area contributed by atoms with Crippen LogP contribution in [-0.2, 0) is 9.63 Å². The Balaban J connectivity index is 2.06. The number of rotatable bonds is 5. The third-order valence-corrected chi connectivity index (χ3v) is 3.38. The molecule has 0 amide bonds. The summed E-state index contributed by atoms with van der Waals surface area (Å²) in [6.07, 6.45) is 2.48. The number of nitro benzene ring substituents is 1. The van der Waals surface area contributed by atoms with Gasteiger partial charge in [0.25, 0.3) is 5.69 Å². The molecule has 8 nitrogen and oxygen atoms in total. The van der Waals surface area contributed by atoms with Crippen molar-refractivity contribution < 1.29 is 14.6 Å². The number of amidine groups is 1. The highest BCUT2D eigenvalue weighted by molar-refractivity contribution is 6.00. The molecule has 2 aromatic carbocycles. The fraction of sp³-hybridized carbons (Fsp3) is 0.0588. The second kappa shape index (κ2) is 7.73. The number of nitrogens with two attached hydrogens (primary N) is 2. The van der Waals surface area contributed by atoms with Crippen molar-refractivity contribution in [2.45, 2.75) is 6.92 Å². The summed E-state index contributed by atoms with van der Waals surface area (Å²) in [5, 5.41) is 14.3. The van der Waals surface area contributed by atoms with Crippen molar-refractivity contribution in [3.63, 3.8) is 0 Å². The number of non-ortho nitro benzene ring substituents is 1. The molecule has 0 radical (unpaired) electrons. The summed E-state index contributed by atoms with van der Waals surface area (Å²) in [5.74, 6) is -0.752. The number of benzene rings is 2. The van der Waals surface area contributed by atoms with E-state index in [1.54, 1.807) is 31.2 Å². The van der Waals surface area contributed by atoms with Gasteiger partial charge in [0.05, 0.1) is 4.92 Å². The number of anilines is 1. The zero-order valence-corrected chi connectivity index (χ0v) is 13.4. The molecule has 8 heteroatoms. The molecule has 0 unspecified atom stereocenters. The van der Waals surface area contributed by atoms with E-state index in [0.29, 0.717) is 16.8 Å². The molecule has 0 aliphatic heterocycles. The Hall–Kier alpha value is -3.68. The van der Waals surface area contributed by atoms with Gasteiger partial charge in [-0.2, -0.15) is 0 Å². The molecule has 0 aliphatic rings. The summed E-state index contributed by atoms with van der Waals surface area (Å²) in [6.45, 7) is 1.77. The average molecular weight is 340 g/mol.